The predicted octanol–water partition coefficient (Wildman–Crippen LogP) is 1.29. The summed E-state index contributed by atoms with van der Waals surface area (Å²) in [5.41, 5.74) is 0. The van der Waals surface area contributed by atoms with Crippen LogP contribution in [0.5, 0.6) is 0 Å². The van der Waals surface area contributed by atoms with Gasteiger partial charge in [-0.3, -0.25) is 25.0 Å². The monoisotopic (exact) mass is 318 g/mol. The predicted molar refractivity (Wildman–Crippen MR) is 80.0 cm³/mol. The quantitative estimate of drug-likeness (QED) is 0.265. The molecule has 0 saturated heterocycles. The smallest absolute Gasteiger partial charge is 0.330 e. The maximum absolute atomic E-state index is 11.9. The van der Waals surface area contributed by atoms with Gasteiger partial charge in [0.05, 0.1) is 13.7 Å². The highest BCUT2D eigenvalue weighted by Crippen LogP contribution is 2.13. The zero-order valence-electron chi connectivity index (χ0n) is 13.7. The number of hydrogen-bond donors (Lipinski definition) is 1. The molecule has 0 amide bonds. The molecule has 128 valence electrons. The van der Waals surface area contributed by atoms with Gasteiger partial charge in [-0.05, 0) is 19.8 Å². The molecule has 0 bridgehead atoms. The summed E-state index contributed by atoms with van der Waals surface area (Å²) < 4.78 is 9.43. The van der Waals surface area contributed by atoms with Crippen LogP contribution in [0.2, 0.25) is 0 Å². The molecule has 0 aliphatic heterocycles. The van der Waals surface area contributed by atoms with Gasteiger partial charge >= 0.3 is 11.9 Å². The van der Waals surface area contributed by atoms with Crippen LogP contribution < -0.4 is 5.32 Å². The Balaban J connectivity index is 4.71. The van der Waals surface area contributed by atoms with Crippen molar-refractivity contribution >= 4 is 11.9 Å². The summed E-state index contributed by atoms with van der Waals surface area (Å²) in [5.74, 6) is -0.967. The third-order valence-electron chi connectivity index (χ3n) is 3.07. The molecule has 0 saturated carbocycles. The average molecular weight is 318 g/mol. The second-order valence-electron chi connectivity index (χ2n) is 5.23. The topological polar surface area (TPSA) is 108 Å². The van der Waals surface area contributed by atoms with Gasteiger partial charge in [0.15, 0.2) is 6.04 Å². The van der Waals surface area contributed by atoms with Crippen molar-refractivity contribution in [2.75, 3.05) is 13.7 Å². The first-order chi connectivity index (χ1) is 10.3. The Morgan fingerprint density at radius 1 is 1.27 bits per heavy atom. The van der Waals surface area contributed by atoms with E-state index in [-0.39, 0.29) is 31.5 Å². The standard InChI is InChI=1S/C14H26N2O6/c1-5-22-14(18)13(15-10(2)3)11(16(19)20)8-6-7-9-12(17)21-4/h10-11,13,15H,5-9H2,1-4H3. The van der Waals surface area contributed by atoms with Crippen LogP contribution in [0.15, 0.2) is 0 Å². The van der Waals surface area contributed by atoms with Gasteiger partial charge in [-0.25, -0.2) is 0 Å². The molecular weight excluding hydrogens is 292 g/mol. The number of hydrogen-bond acceptors (Lipinski definition) is 7. The molecule has 0 aromatic rings. The molecule has 0 aromatic carbocycles. The minimum Gasteiger partial charge on any atom is -0.469 e. The van der Waals surface area contributed by atoms with Crippen LogP contribution in [0.1, 0.15) is 46.5 Å². The van der Waals surface area contributed by atoms with Crippen molar-refractivity contribution in [3.63, 3.8) is 0 Å². The van der Waals surface area contributed by atoms with Gasteiger partial charge in [0, 0.05) is 23.8 Å². The van der Waals surface area contributed by atoms with Crippen LogP contribution in [0.3, 0.4) is 0 Å². The van der Waals surface area contributed by atoms with Crippen molar-refractivity contribution in [2.24, 2.45) is 0 Å². The van der Waals surface area contributed by atoms with Crippen LogP contribution in [-0.2, 0) is 19.1 Å². The molecule has 8 heteroatoms. The Morgan fingerprint density at radius 3 is 2.36 bits per heavy atom. The van der Waals surface area contributed by atoms with Gasteiger partial charge in [0.2, 0.25) is 6.04 Å². The normalized spacial score (nSPS) is 13.5. The van der Waals surface area contributed by atoms with Crippen molar-refractivity contribution in [2.45, 2.75) is 64.6 Å². The molecule has 0 spiro atoms. The molecule has 8 nitrogen and oxygen atoms in total. The van der Waals surface area contributed by atoms with Crippen molar-refractivity contribution in [3.05, 3.63) is 10.1 Å². The Morgan fingerprint density at radius 2 is 1.91 bits per heavy atom. The molecule has 1 N–H and O–H groups in total. The van der Waals surface area contributed by atoms with Gasteiger partial charge < -0.3 is 9.47 Å². The number of carbonyl (C=O) groups excluding carboxylic acids is 2. The van der Waals surface area contributed by atoms with E-state index in [4.69, 9.17) is 4.74 Å². The number of unbranched alkanes of at least 4 members (excludes halogenated alkanes) is 1. The van der Waals surface area contributed by atoms with Gasteiger partial charge in [-0.15, -0.1) is 0 Å². The fourth-order valence-electron chi connectivity index (χ4n) is 2.05. The number of nitrogens with one attached hydrogen (secondary N) is 1. The van der Waals surface area contributed by atoms with Crippen LogP contribution in [0, 0.1) is 10.1 Å². The van der Waals surface area contributed by atoms with Crippen molar-refractivity contribution in [1.82, 2.24) is 5.32 Å². The van der Waals surface area contributed by atoms with E-state index in [0.717, 1.165) is 0 Å². The minimum atomic E-state index is -1.08. The molecule has 0 fully saturated rings. The van der Waals surface area contributed by atoms with Gasteiger partial charge in [-0.1, -0.05) is 13.8 Å². The largest absolute Gasteiger partial charge is 0.469 e. The first-order valence-electron chi connectivity index (χ1n) is 7.46. The van der Waals surface area contributed by atoms with E-state index >= 15 is 0 Å². The van der Waals surface area contributed by atoms with Crippen LogP contribution >= 0.6 is 0 Å². The third kappa shape index (κ3) is 7.92. The highest BCUT2D eigenvalue weighted by molar-refractivity contribution is 5.76. The molecule has 0 heterocycles. The first kappa shape index (κ1) is 20.3. The van der Waals surface area contributed by atoms with Gasteiger partial charge in [0.25, 0.3) is 0 Å². The van der Waals surface area contributed by atoms with Crippen molar-refractivity contribution in [1.29, 1.82) is 0 Å². The maximum Gasteiger partial charge on any atom is 0.330 e. The maximum atomic E-state index is 11.9. The highest BCUT2D eigenvalue weighted by atomic mass is 16.6. The molecule has 0 aromatic heterocycles. The van der Waals surface area contributed by atoms with Gasteiger partial charge in [0.1, 0.15) is 0 Å². The van der Waals surface area contributed by atoms with Crippen LogP contribution in [-0.4, -0.2) is 48.7 Å². The summed E-state index contributed by atoms with van der Waals surface area (Å²) in [6, 6.07) is -2.17. The molecular formula is C14H26N2O6. The summed E-state index contributed by atoms with van der Waals surface area (Å²) in [4.78, 5) is 33.8. The van der Waals surface area contributed by atoms with Crippen LogP contribution in [0.4, 0.5) is 0 Å². The lowest BCUT2D eigenvalue weighted by molar-refractivity contribution is -0.526. The number of nitrogens with zero attached hydrogens (tertiary/aromatic N) is 1. The molecule has 2 unspecified atom stereocenters. The molecule has 0 aliphatic rings. The average Bonchev–Trinajstić information content (AvgIpc) is 2.44. The Hall–Kier alpha value is -1.70. The second-order valence-corrected chi connectivity index (χ2v) is 5.23. The van der Waals surface area contributed by atoms with E-state index in [9.17, 15) is 19.7 Å². The first-order valence-corrected chi connectivity index (χ1v) is 7.46. The van der Waals surface area contributed by atoms with E-state index < -0.39 is 23.0 Å². The Kier molecular flexibility index (Phi) is 10.1. The lowest BCUT2D eigenvalue weighted by Gasteiger charge is -2.22. The number of methoxy groups -OCH3 is 1. The zero-order valence-corrected chi connectivity index (χ0v) is 13.7. The van der Waals surface area contributed by atoms with Crippen molar-refractivity contribution in [3.8, 4) is 0 Å². The lowest BCUT2D eigenvalue weighted by atomic mass is 10.0. The molecule has 2 atom stereocenters. The Labute approximate surface area is 130 Å². The SMILES string of the molecule is CCOC(=O)C(NC(C)C)C(CCCCC(=O)OC)[N+](=O)[O-]. The van der Waals surface area contributed by atoms with Crippen LogP contribution in [0.25, 0.3) is 0 Å². The molecule has 0 radical (unpaired) electrons. The molecule has 0 aliphatic carbocycles. The number of ether oxygens (including phenoxy) is 2. The number of esters is 2. The molecule has 22 heavy (non-hydrogen) atoms. The second kappa shape index (κ2) is 10.9. The fourth-order valence-corrected chi connectivity index (χ4v) is 2.05. The number of nitro groups is 1. The lowest BCUT2D eigenvalue weighted by Crippen LogP contribution is -2.52. The Bertz CT molecular complexity index is 372. The zero-order chi connectivity index (χ0) is 17.1. The summed E-state index contributed by atoms with van der Waals surface area (Å²) in [6.07, 6.45) is 1.33. The number of rotatable bonds is 11. The highest BCUT2D eigenvalue weighted by Gasteiger charge is 2.38. The summed E-state index contributed by atoms with van der Waals surface area (Å²) in [5, 5.41) is 14.2. The van der Waals surface area contributed by atoms with E-state index in [2.05, 4.69) is 10.1 Å². The summed E-state index contributed by atoms with van der Waals surface area (Å²) >= 11 is 0. The van der Waals surface area contributed by atoms with Gasteiger partial charge in [-0.2, -0.15) is 0 Å². The van der Waals surface area contributed by atoms with E-state index in [1.807, 2.05) is 0 Å². The van der Waals surface area contributed by atoms with E-state index in [1.165, 1.54) is 7.11 Å². The van der Waals surface area contributed by atoms with E-state index in [1.54, 1.807) is 20.8 Å². The number of carbonyl (C=O) groups is 2. The summed E-state index contributed by atoms with van der Waals surface area (Å²) in [7, 11) is 1.30. The fraction of sp³-hybridized carbons (Fsp3) is 0.857. The summed E-state index contributed by atoms with van der Waals surface area (Å²) in [6.45, 7) is 5.44. The molecule has 0 rings (SSSR count). The van der Waals surface area contributed by atoms with E-state index in [0.29, 0.717) is 12.8 Å². The third-order valence-corrected chi connectivity index (χ3v) is 3.07. The minimum absolute atomic E-state index is 0.0908. The van der Waals surface area contributed by atoms with Crippen molar-refractivity contribution < 1.29 is 24.0 Å².